The second-order valence-electron chi connectivity index (χ2n) is 6.29. The number of ether oxygens (including phenoxy) is 1. The highest BCUT2D eigenvalue weighted by Crippen LogP contribution is 2.29. The fraction of sp³-hybridized carbons (Fsp3) is 0.611. The van der Waals surface area contributed by atoms with Crippen molar-refractivity contribution in [3.8, 4) is 5.75 Å². The normalized spacial score (nSPS) is 15.9. The molecule has 1 amide bonds. The van der Waals surface area contributed by atoms with Crippen LogP contribution in [0.3, 0.4) is 0 Å². The molecule has 0 saturated heterocycles. The first-order valence-electron chi connectivity index (χ1n) is 8.19. The van der Waals surface area contributed by atoms with E-state index in [2.05, 4.69) is 13.8 Å². The Kier molecular flexibility index (Phi) is 5.83. The standard InChI is InChI=1S/C18H27NO3/c1-13(2)19(15-7-5-4-6-8-15)18(21)16-10-9-14(12-20)11-17(16)22-3/h9-11,13,15,20H,4-8,12H2,1-3H3. The minimum absolute atomic E-state index is 0.0308. The van der Waals surface area contributed by atoms with Crippen molar-refractivity contribution in [3.63, 3.8) is 0 Å². The second kappa shape index (κ2) is 7.63. The molecule has 122 valence electrons. The summed E-state index contributed by atoms with van der Waals surface area (Å²) in [6.07, 6.45) is 5.83. The first-order chi connectivity index (χ1) is 10.6. The number of hydrogen-bond acceptors (Lipinski definition) is 3. The number of aliphatic hydroxyl groups excluding tert-OH is 1. The molecule has 0 unspecified atom stereocenters. The van der Waals surface area contributed by atoms with Gasteiger partial charge in [-0.2, -0.15) is 0 Å². The molecule has 2 rings (SSSR count). The van der Waals surface area contributed by atoms with Gasteiger partial charge < -0.3 is 14.7 Å². The topological polar surface area (TPSA) is 49.8 Å². The van der Waals surface area contributed by atoms with Gasteiger partial charge >= 0.3 is 0 Å². The molecule has 1 aromatic rings. The first kappa shape index (κ1) is 16.8. The molecule has 4 nitrogen and oxygen atoms in total. The van der Waals surface area contributed by atoms with Crippen molar-refractivity contribution in [3.05, 3.63) is 29.3 Å². The number of nitrogens with zero attached hydrogens (tertiary/aromatic N) is 1. The lowest BCUT2D eigenvalue weighted by Gasteiger charge is -2.37. The molecule has 0 aliphatic heterocycles. The lowest BCUT2D eigenvalue weighted by molar-refractivity contribution is 0.0552. The monoisotopic (exact) mass is 305 g/mol. The van der Waals surface area contributed by atoms with Gasteiger partial charge in [0.15, 0.2) is 0 Å². The largest absolute Gasteiger partial charge is 0.496 e. The Morgan fingerprint density at radius 3 is 2.55 bits per heavy atom. The van der Waals surface area contributed by atoms with Crippen molar-refractivity contribution in [2.24, 2.45) is 0 Å². The fourth-order valence-electron chi connectivity index (χ4n) is 3.33. The van der Waals surface area contributed by atoms with Gasteiger partial charge in [-0.15, -0.1) is 0 Å². The summed E-state index contributed by atoms with van der Waals surface area (Å²) >= 11 is 0. The molecule has 1 aliphatic carbocycles. The van der Waals surface area contributed by atoms with Crippen LogP contribution < -0.4 is 4.74 Å². The van der Waals surface area contributed by atoms with Gasteiger partial charge in [0.25, 0.3) is 5.91 Å². The number of methoxy groups -OCH3 is 1. The minimum Gasteiger partial charge on any atom is -0.496 e. The number of aliphatic hydroxyl groups is 1. The van der Waals surface area contributed by atoms with Gasteiger partial charge in [-0.25, -0.2) is 0 Å². The quantitative estimate of drug-likeness (QED) is 0.907. The highest BCUT2D eigenvalue weighted by atomic mass is 16.5. The fourth-order valence-corrected chi connectivity index (χ4v) is 3.33. The predicted octanol–water partition coefficient (Wildman–Crippen LogP) is 3.37. The number of rotatable bonds is 5. The zero-order valence-corrected chi connectivity index (χ0v) is 13.8. The SMILES string of the molecule is COc1cc(CO)ccc1C(=O)N(C(C)C)C1CCCCC1. The predicted molar refractivity (Wildman–Crippen MR) is 87.1 cm³/mol. The van der Waals surface area contributed by atoms with Gasteiger partial charge in [-0.3, -0.25) is 4.79 Å². The van der Waals surface area contributed by atoms with Crippen LogP contribution in [0.15, 0.2) is 18.2 Å². The third kappa shape index (κ3) is 3.61. The summed E-state index contributed by atoms with van der Waals surface area (Å²) in [7, 11) is 1.56. The highest BCUT2D eigenvalue weighted by Gasteiger charge is 2.29. The molecule has 0 aromatic heterocycles. The molecule has 4 heteroatoms. The molecule has 1 aliphatic rings. The lowest BCUT2D eigenvalue weighted by Crippen LogP contribution is -2.45. The molecule has 0 radical (unpaired) electrons. The average Bonchev–Trinajstić information content (AvgIpc) is 2.54. The first-order valence-corrected chi connectivity index (χ1v) is 8.19. The molecule has 1 fully saturated rings. The van der Waals surface area contributed by atoms with Crippen molar-refractivity contribution in [2.45, 2.75) is 64.6 Å². The van der Waals surface area contributed by atoms with Crippen molar-refractivity contribution < 1.29 is 14.6 Å². The van der Waals surface area contributed by atoms with Crippen LogP contribution in [-0.4, -0.2) is 35.1 Å². The molecule has 1 N–H and O–H groups in total. The summed E-state index contributed by atoms with van der Waals surface area (Å²) in [4.78, 5) is 15.1. The third-order valence-electron chi connectivity index (χ3n) is 4.44. The molecule has 0 bridgehead atoms. The molecule has 0 atom stereocenters. The van der Waals surface area contributed by atoms with Crippen LogP contribution in [0.4, 0.5) is 0 Å². The molecule has 1 aromatic carbocycles. The molecule has 0 spiro atoms. The molecular weight excluding hydrogens is 278 g/mol. The molecule has 0 heterocycles. The van der Waals surface area contributed by atoms with Gasteiger partial charge in [-0.1, -0.05) is 25.3 Å². The zero-order valence-electron chi connectivity index (χ0n) is 13.8. The van der Waals surface area contributed by atoms with Crippen LogP contribution in [-0.2, 0) is 6.61 Å². The van der Waals surface area contributed by atoms with Gasteiger partial charge in [0.05, 0.1) is 19.3 Å². The van der Waals surface area contributed by atoms with E-state index in [0.717, 1.165) is 18.4 Å². The van der Waals surface area contributed by atoms with E-state index in [0.29, 0.717) is 17.4 Å². The number of benzene rings is 1. The Morgan fingerprint density at radius 2 is 2.00 bits per heavy atom. The van der Waals surface area contributed by atoms with E-state index in [1.165, 1.54) is 19.3 Å². The number of carbonyl (C=O) groups excluding carboxylic acids is 1. The molecule has 1 saturated carbocycles. The Bertz CT molecular complexity index is 507. The summed E-state index contributed by atoms with van der Waals surface area (Å²) in [5, 5.41) is 9.24. The summed E-state index contributed by atoms with van der Waals surface area (Å²) < 4.78 is 5.37. The van der Waals surface area contributed by atoms with Gasteiger partial charge in [-0.05, 0) is 44.4 Å². The maximum atomic E-state index is 13.0. The van der Waals surface area contributed by atoms with Gasteiger partial charge in [0, 0.05) is 12.1 Å². The lowest BCUT2D eigenvalue weighted by atomic mass is 9.92. The third-order valence-corrected chi connectivity index (χ3v) is 4.44. The Balaban J connectivity index is 2.30. The van der Waals surface area contributed by atoms with Crippen molar-refractivity contribution in [2.75, 3.05) is 7.11 Å². The summed E-state index contributed by atoms with van der Waals surface area (Å²) in [6.45, 7) is 4.09. The average molecular weight is 305 g/mol. The van der Waals surface area contributed by atoms with Crippen LogP contribution in [0.25, 0.3) is 0 Å². The summed E-state index contributed by atoms with van der Waals surface area (Å²) in [5.41, 5.74) is 1.33. The maximum absolute atomic E-state index is 13.0. The number of hydrogen-bond donors (Lipinski definition) is 1. The zero-order chi connectivity index (χ0) is 16.1. The number of amides is 1. The van der Waals surface area contributed by atoms with E-state index in [-0.39, 0.29) is 18.6 Å². The van der Waals surface area contributed by atoms with E-state index in [1.807, 2.05) is 4.90 Å². The van der Waals surface area contributed by atoms with E-state index in [1.54, 1.807) is 25.3 Å². The Morgan fingerprint density at radius 1 is 1.32 bits per heavy atom. The Hall–Kier alpha value is -1.55. The summed E-state index contributed by atoms with van der Waals surface area (Å²) in [5.74, 6) is 0.571. The number of carbonyl (C=O) groups is 1. The van der Waals surface area contributed by atoms with E-state index >= 15 is 0 Å². The maximum Gasteiger partial charge on any atom is 0.258 e. The summed E-state index contributed by atoms with van der Waals surface area (Å²) in [6, 6.07) is 5.79. The van der Waals surface area contributed by atoms with Crippen LogP contribution >= 0.6 is 0 Å². The van der Waals surface area contributed by atoms with Crippen molar-refractivity contribution in [1.29, 1.82) is 0 Å². The van der Waals surface area contributed by atoms with E-state index in [4.69, 9.17) is 4.74 Å². The second-order valence-corrected chi connectivity index (χ2v) is 6.29. The van der Waals surface area contributed by atoms with Crippen LogP contribution in [0.2, 0.25) is 0 Å². The minimum atomic E-state index is -0.0542. The van der Waals surface area contributed by atoms with Crippen LogP contribution in [0.1, 0.15) is 61.9 Å². The van der Waals surface area contributed by atoms with Crippen molar-refractivity contribution >= 4 is 5.91 Å². The highest BCUT2D eigenvalue weighted by molar-refractivity contribution is 5.97. The van der Waals surface area contributed by atoms with E-state index < -0.39 is 0 Å². The molecular formula is C18H27NO3. The van der Waals surface area contributed by atoms with Crippen molar-refractivity contribution in [1.82, 2.24) is 4.90 Å². The van der Waals surface area contributed by atoms with Gasteiger partial charge in [0.2, 0.25) is 0 Å². The van der Waals surface area contributed by atoms with Gasteiger partial charge in [0.1, 0.15) is 5.75 Å². The Labute approximate surface area is 133 Å². The molecule has 22 heavy (non-hydrogen) atoms. The van der Waals surface area contributed by atoms with Crippen LogP contribution in [0, 0.1) is 0 Å². The van der Waals surface area contributed by atoms with Crippen LogP contribution in [0.5, 0.6) is 5.75 Å². The van der Waals surface area contributed by atoms with E-state index in [9.17, 15) is 9.90 Å². The smallest absolute Gasteiger partial charge is 0.258 e.